The van der Waals surface area contributed by atoms with E-state index in [4.69, 9.17) is 27.9 Å². The summed E-state index contributed by atoms with van der Waals surface area (Å²) in [6.07, 6.45) is 2.41. The van der Waals surface area contributed by atoms with Gasteiger partial charge in [0.1, 0.15) is 11.6 Å². The lowest BCUT2D eigenvalue weighted by Crippen LogP contribution is -2.63. The Morgan fingerprint density at radius 3 is 1.88 bits per heavy atom. The van der Waals surface area contributed by atoms with E-state index in [0.717, 1.165) is 37.3 Å². The Morgan fingerprint density at radius 1 is 0.833 bits per heavy atom. The Kier molecular flexibility index (Phi) is 8.73. The van der Waals surface area contributed by atoms with E-state index in [-0.39, 0.29) is 18.0 Å². The third-order valence-corrected chi connectivity index (χ3v) is 9.03. The lowest BCUT2D eigenvalue weighted by Gasteiger charge is -2.43. The van der Waals surface area contributed by atoms with Gasteiger partial charge in [0.2, 0.25) is 0 Å². The normalized spacial score (nSPS) is 25.2. The molecule has 2 unspecified atom stereocenters. The quantitative estimate of drug-likeness (QED) is 0.367. The zero-order valence-corrected chi connectivity index (χ0v) is 25.2. The Labute approximate surface area is 256 Å². The molecule has 3 aliphatic heterocycles. The maximum atomic E-state index is 14.8. The molecule has 2 atom stereocenters. The molecular weight excluding hydrogens is 576 g/mol. The predicted molar refractivity (Wildman–Crippen MR) is 163 cm³/mol. The van der Waals surface area contributed by atoms with Crippen molar-refractivity contribution in [3.8, 4) is 5.75 Å². The zero-order chi connectivity index (χ0) is 29.3. The molecule has 3 aromatic rings. The van der Waals surface area contributed by atoms with E-state index in [1.54, 1.807) is 6.07 Å². The molecule has 0 spiro atoms. The Balaban J connectivity index is 1.42. The number of nitrogens with zero attached hydrogens (tertiary/aromatic N) is 3. The minimum Gasteiger partial charge on any atom is -0.493 e. The van der Waals surface area contributed by atoms with E-state index in [2.05, 4.69) is 20.7 Å². The maximum Gasteiger partial charge on any atom is 0.262 e. The third kappa shape index (κ3) is 5.76. The number of amides is 1. The molecule has 0 bridgehead atoms. The molecule has 222 valence electrons. The van der Waals surface area contributed by atoms with Crippen LogP contribution in [-0.2, 0) is 10.5 Å². The van der Waals surface area contributed by atoms with Gasteiger partial charge in [-0.15, -0.1) is 0 Å². The van der Waals surface area contributed by atoms with Crippen molar-refractivity contribution in [3.63, 3.8) is 0 Å². The summed E-state index contributed by atoms with van der Waals surface area (Å²) in [5.41, 5.74) is 1.08. The molecule has 42 heavy (non-hydrogen) atoms. The van der Waals surface area contributed by atoms with Crippen LogP contribution in [0.5, 0.6) is 5.75 Å². The highest BCUT2D eigenvalue weighted by molar-refractivity contribution is 6.30. The molecule has 3 saturated heterocycles. The van der Waals surface area contributed by atoms with Gasteiger partial charge in [-0.2, -0.15) is 0 Å². The zero-order valence-electron chi connectivity index (χ0n) is 23.7. The first-order chi connectivity index (χ1) is 20.4. The molecule has 0 saturated carbocycles. The van der Waals surface area contributed by atoms with Crippen LogP contribution in [0, 0.1) is 5.82 Å². The number of hydrogen-bond donors (Lipinski definition) is 2. The number of halogens is 3. The second kappa shape index (κ2) is 12.5. The van der Waals surface area contributed by atoms with Gasteiger partial charge in [-0.1, -0.05) is 47.5 Å². The third-order valence-electron chi connectivity index (χ3n) is 8.53. The van der Waals surface area contributed by atoms with Crippen LogP contribution in [0.25, 0.3) is 0 Å². The lowest BCUT2D eigenvalue weighted by molar-refractivity contribution is -0.144. The summed E-state index contributed by atoms with van der Waals surface area (Å²) in [5.74, 6) is -0.217. The van der Waals surface area contributed by atoms with E-state index in [1.807, 2.05) is 60.4 Å². The van der Waals surface area contributed by atoms with Crippen LogP contribution in [-0.4, -0.2) is 66.7 Å². The van der Waals surface area contributed by atoms with Crippen LogP contribution < -0.4 is 15.4 Å². The first-order valence-electron chi connectivity index (χ1n) is 14.7. The van der Waals surface area contributed by atoms with E-state index < -0.39 is 11.5 Å². The highest BCUT2D eigenvalue weighted by Crippen LogP contribution is 2.45. The molecule has 3 aliphatic rings. The highest BCUT2D eigenvalue weighted by Gasteiger charge is 2.54. The number of carbonyl (C=O) groups is 1. The predicted octanol–water partition coefficient (Wildman–Crippen LogP) is 5.51. The van der Waals surface area contributed by atoms with Crippen LogP contribution in [0.15, 0.2) is 66.7 Å². The fourth-order valence-corrected chi connectivity index (χ4v) is 6.70. The minimum absolute atomic E-state index is 0.119. The fraction of sp³-hybridized carbons (Fsp3) is 0.406. The van der Waals surface area contributed by atoms with Gasteiger partial charge < -0.3 is 9.64 Å². The average molecular weight is 613 g/mol. The van der Waals surface area contributed by atoms with Gasteiger partial charge in [-0.25, -0.2) is 14.4 Å². The Morgan fingerprint density at radius 2 is 1.36 bits per heavy atom. The van der Waals surface area contributed by atoms with E-state index in [0.29, 0.717) is 41.1 Å². The molecule has 3 aromatic carbocycles. The van der Waals surface area contributed by atoms with E-state index in [9.17, 15) is 9.18 Å². The Bertz CT molecular complexity index is 1340. The molecule has 2 N–H and O–H groups in total. The largest absolute Gasteiger partial charge is 0.493 e. The SMILES string of the molecule is CCOc1cc(F)ccc1C1(C(=O)N2CCN(N3CCCC3)CC2)NC(c2ccc(Cl)cc2)C(c2ccc(Cl)cc2)N1. The van der Waals surface area contributed by atoms with E-state index >= 15 is 0 Å². The van der Waals surface area contributed by atoms with Crippen molar-refractivity contribution in [1.82, 2.24) is 25.6 Å². The van der Waals surface area contributed by atoms with Gasteiger partial charge in [0, 0.05) is 60.9 Å². The van der Waals surface area contributed by atoms with E-state index in [1.165, 1.54) is 25.0 Å². The van der Waals surface area contributed by atoms with Crippen molar-refractivity contribution < 1.29 is 13.9 Å². The fourth-order valence-electron chi connectivity index (χ4n) is 6.44. The second-order valence-corrected chi connectivity index (χ2v) is 12.0. The molecular formula is C32H36Cl2FN5O2. The molecule has 7 nitrogen and oxygen atoms in total. The number of benzene rings is 3. The summed E-state index contributed by atoms with van der Waals surface area (Å²) in [6.45, 7) is 7.03. The maximum absolute atomic E-state index is 14.8. The summed E-state index contributed by atoms with van der Waals surface area (Å²) < 4.78 is 20.5. The van der Waals surface area contributed by atoms with Gasteiger partial charge >= 0.3 is 0 Å². The van der Waals surface area contributed by atoms with Crippen molar-refractivity contribution in [3.05, 3.63) is 99.3 Å². The summed E-state index contributed by atoms with van der Waals surface area (Å²) >= 11 is 12.5. The van der Waals surface area contributed by atoms with Crippen molar-refractivity contribution in [2.24, 2.45) is 0 Å². The van der Waals surface area contributed by atoms with Crippen LogP contribution >= 0.6 is 23.2 Å². The summed E-state index contributed by atoms with van der Waals surface area (Å²) in [4.78, 5) is 16.7. The van der Waals surface area contributed by atoms with Gasteiger partial charge in [-0.05, 0) is 67.3 Å². The van der Waals surface area contributed by atoms with Crippen molar-refractivity contribution in [2.75, 3.05) is 45.9 Å². The molecule has 0 aromatic heterocycles. The highest BCUT2D eigenvalue weighted by atomic mass is 35.5. The number of hydrogen-bond acceptors (Lipinski definition) is 6. The average Bonchev–Trinajstić information content (AvgIpc) is 3.68. The number of hydrazine groups is 1. The molecule has 3 fully saturated rings. The van der Waals surface area contributed by atoms with Crippen molar-refractivity contribution in [2.45, 2.75) is 37.5 Å². The first kappa shape index (κ1) is 29.4. The second-order valence-electron chi connectivity index (χ2n) is 11.1. The van der Waals surface area contributed by atoms with Crippen molar-refractivity contribution >= 4 is 29.1 Å². The van der Waals surface area contributed by atoms with Gasteiger partial charge in [0.15, 0.2) is 5.66 Å². The number of piperazine rings is 1. The molecule has 0 radical (unpaired) electrons. The summed E-state index contributed by atoms with van der Waals surface area (Å²) in [6, 6.07) is 19.0. The van der Waals surface area contributed by atoms with Crippen LogP contribution in [0.4, 0.5) is 4.39 Å². The monoisotopic (exact) mass is 611 g/mol. The van der Waals surface area contributed by atoms with Crippen LogP contribution in [0.1, 0.15) is 48.5 Å². The topological polar surface area (TPSA) is 60.1 Å². The van der Waals surface area contributed by atoms with Gasteiger partial charge in [0.25, 0.3) is 5.91 Å². The van der Waals surface area contributed by atoms with Gasteiger partial charge in [-0.3, -0.25) is 15.4 Å². The molecule has 3 heterocycles. The lowest BCUT2D eigenvalue weighted by atomic mass is 9.95. The standard InChI is InChI=1S/C32H36Cl2FN5O2/c1-2-42-28-21-26(35)13-14-27(28)32(31(41)38-17-19-40(20-18-38)39-15-3-4-16-39)36-29(22-5-9-24(33)10-6-22)30(37-32)23-7-11-25(34)12-8-23/h5-14,21,29-30,36-37H,2-4,15-20H2,1H3. The first-order valence-corrected chi connectivity index (χ1v) is 15.4. The Hall–Kier alpha value is -2.72. The smallest absolute Gasteiger partial charge is 0.262 e. The number of carbonyl (C=O) groups excluding carboxylic acids is 1. The van der Waals surface area contributed by atoms with Gasteiger partial charge in [0.05, 0.1) is 18.7 Å². The minimum atomic E-state index is -1.39. The molecule has 6 rings (SSSR count). The molecule has 1 amide bonds. The number of nitrogens with one attached hydrogen (secondary N) is 2. The molecule has 10 heteroatoms. The summed E-state index contributed by atoms with van der Waals surface area (Å²) in [5, 5.41) is 13.4. The van der Waals surface area contributed by atoms with Crippen LogP contribution in [0.3, 0.4) is 0 Å². The summed E-state index contributed by atoms with van der Waals surface area (Å²) in [7, 11) is 0. The number of ether oxygens (including phenoxy) is 1. The number of rotatable bonds is 7. The van der Waals surface area contributed by atoms with Crippen LogP contribution in [0.2, 0.25) is 10.0 Å². The van der Waals surface area contributed by atoms with Crippen molar-refractivity contribution in [1.29, 1.82) is 0 Å². The molecule has 0 aliphatic carbocycles.